The Balaban J connectivity index is 2.66. The van der Waals surface area contributed by atoms with Gasteiger partial charge >= 0.3 is 11.9 Å². The molecule has 0 atom stereocenters. The number of esters is 2. The Bertz CT molecular complexity index is 719. The number of benzene rings is 2. The molecule has 0 unspecified atom stereocenters. The molecule has 0 aliphatic heterocycles. The van der Waals surface area contributed by atoms with Gasteiger partial charge in [0, 0.05) is 10.9 Å². The number of hydrogen-bond acceptors (Lipinski definition) is 6. The minimum atomic E-state index is -2.72. The van der Waals surface area contributed by atoms with Gasteiger partial charge in [0.2, 0.25) is 0 Å². The van der Waals surface area contributed by atoms with Gasteiger partial charge in [-0.05, 0) is 19.2 Å². The van der Waals surface area contributed by atoms with Crippen LogP contribution in [-0.2, 0) is 24.7 Å². The maximum Gasteiger partial charge on any atom is 0.355 e. The number of rotatable bonds is 5. The molecule has 0 saturated heterocycles. The largest absolute Gasteiger partial charge is 0.507 e. The van der Waals surface area contributed by atoms with E-state index in [9.17, 15) is 19.8 Å². The highest BCUT2D eigenvalue weighted by Gasteiger charge is 2.51. The summed E-state index contributed by atoms with van der Waals surface area (Å²) >= 11 is 0. The Morgan fingerprint density at radius 1 is 1.00 bits per heavy atom. The third-order valence-electron chi connectivity index (χ3n) is 3.43. The van der Waals surface area contributed by atoms with Crippen LogP contribution in [0.25, 0.3) is 10.8 Å². The van der Waals surface area contributed by atoms with Crippen LogP contribution in [0.15, 0.2) is 36.4 Å². The number of hydrogen-bond donors (Lipinski definition) is 2. The summed E-state index contributed by atoms with van der Waals surface area (Å²) in [5.74, 6) is -2.75. The summed E-state index contributed by atoms with van der Waals surface area (Å²) in [5.41, 5.74) is -2.99. The van der Waals surface area contributed by atoms with Crippen LogP contribution >= 0.6 is 0 Å². The van der Waals surface area contributed by atoms with Crippen molar-refractivity contribution in [1.29, 1.82) is 0 Å². The second kappa shape index (κ2) is 6.66. The van der Waals surface area contributed by atoms with Gasteiger partial charge in [-0.15, -0.1) is 0 Å². The Morgan fingerprint density at radius 2 is 1.57 bits per heavy atom. The zero-order valence-electron chi connectivity index (χ0n) is 12.9. The van der Waals surface area contributed by atoms with E-state index in [1.165, 1.54) is 6.07 Å². The monoisotopic (exact) mass is 318 g/mol. The Labute approximate surface area is 133 Å². The van der Waals surface area contributed by atoms with Crippen molar-refractivity contribution in [2.24, 2.45) is 0 Å². The molecule has 0 heterocycles. The number of phenolic OH excluding ortho intramolecular Hbond substituents is 1. The molecular weight excluding hydrogens is 300 g/mol. The number of phenols is 1. The molecule has 0 fully saturated rings. The molecule has 2 aromatic rings. The first-order chi connectivity index (χ1) is 11.0. The van der Waals surface area contributed by atoms with E-state index in [0.29, 0.717) is 10.8 Å². The minimum absolute atomic E-state index is 0.0328. The second-order valence-corrected chi connectivity index (χ2v) is 4.83. The molecule has 0 radical (unpaired) electrons. The predicted molar refractivity (Wildman–Crippen MR) is 82.8 cm³/mol. The van der Waals surface area contributed by atoms with Gasteiger partial charge < -0.3 is 19.7 Å². The standard InChI is InChI=1S/C17H18O6/c1-3-22-15(19)17(21,16(20)23-4-2)13-10-9-11-7-5-6-8-12(11)14(13)18/h5-10,18,21H,3-4H2,1-2H3. The van der Waals surface area contributed by atoms with Crippen molar-refractivity contribution >= 4 is 22.7 Å². The number of ether oxygens (including phenoxy) is 2. The van der Waals surface area contributed by atoms with Crippen molar-refractivity contribution < 1.29 is 29.3 Å². The summed E-state index contributed by atoms with van der Waals surface area (Å²) in [6.07, 6.45) is 0. The molecule has 2 rings (SSSR count). The molecule has 23 heavy (non-hydrogen) atoms. The summed E-state index contributed by atoms with van der Waals surface area (Å²) < 4.78 is 9.59. The van der Waals surface area contributed by atoms with Crippen LogP contribution in [-0.4, -0.2) is 35.4 Å². The minimum Gasteiger partial charge on any atom is -0.507 e. The molecule has 0 saturated carbocycles. The van der Waals surface area contributed by atoms with E-state index >= 15 is 0 Å². The highest BCUT2D eigenvalue weighted by atomic mass is 16.6. The first-order valence-electron chi connectivity index (χ1n) is 7.24. The van der Waals surface area contributed by atoms with Gasteiger partial charge in [-0.25, -0.2) is 9.59 Å². The molecule has 6 heteroatoms. The van der Waals surface area contributed by atoms with Crippen molar-refractivity contribution in [3.63, 3.8) is 0 Å². The van der Waals surface area contributed by atoms with Gasteiger partial charge in [0.25, 0.3) is 5.60 Å². The summed E-state index contributed by atoms with van der Waals surface area (Å²) in [6, 6.07) is 9.75. The van der Waals surface area contributed by atoms with Crippen LogP contribution < -0.4 is 0 Å². The summed E-state index contributed by atoms with van der Waals surface area (Å²) in [5, 5.41) is 22.3. The van der Waals surface area contributed by atoms with Crippen molar-refractivity contribution in [2.75, 3.05) is 13.2 Å². The molecule has 0 aromatic heterocycles. The number of fused-ring (bicyclic) bond motifs is 1. The molecule has 0 amide bonds. The lowest BCUT2D eigenvalue weighted by molar-refractivity contribution is -0.185. The van der Waals surface area contributed by atoms with Gasteiger partial charge in [-0.3, -0.25) is 0 Å². The Morgan fingerprint density at radius 3 is 2.13 bits per heavy atom. The van der Waals surface area contributed by atoms with Gasteiger partial charge in [0.1, 0.15) is 5.75 Å². The number of carbonyl (C=O) groups excluding carboxylic acids is 2. The van der Waals surface area contributed by atoms with Crippen molar-refractivity contribution in [1.82, 2.24) is 0 Å². The first kappa shape index (κ1) is 16.8. The highest BCUT2D eigenvalue weighted by molar-refractivity contribution is 6.06. The zero-order valence-corrected chi connectivity index (χ0v) is 12.9. The first-order valence-corrected chi connectivity index (χ1v) is 7.24. The van der Waals surface area contributed by atoms with E-state index in [4.69, 9.17) is 9.47 Å². The SMILES string of the molecule is CCOC(=O)C(O)(C(=O)OCC)c1ccc2ccccc2c1O. The van der Waals surface area contributed by atoms with E-state index in [2.05, 4.69) is 0 Å². The van der Waals surface area contributed by atoms with Crippen molar-refractivity contribution in [3.8, 4) is 5.75 Å². The topological polar surface area (TPSA) is 93.1 Å². The lowest BCUT2D eigenvalue weighted by atomic mass is 9.90. The Kier molecular flexibility index (Phi) is 4.86. The second-order valence-electron chi connectivity index (χ2n) is 4.83. The maximum absolute atomic E-state index is 12.2. The lowest BCUT2D eigenvalue weighted by Crippen LogP contribution is -2.46. The van der Waals surface area contributed by atoms with Gasteiger partial charge in [-0.2, -0.15) is 0 Å². The molecular formula is C17H18O6. The van der Waals surface area contributed by atoms with Gasteiger partial charge in [-0.1, -0.05) is 36.4 Å². The molecule has 0 aliphatic carbocycles. The smallest absolute Gasteiger partial charge is 0.355 e. The molecule has 0 bridgehead atoms. The summed E-state index contributed by atoms with van der Waals surface area (Å²) in [4.78, 5) is 24.4. The molecule has 0 spiro atoms. The Hall–Kier alpha value is -2.60. The fraction of sp³-hybridized carbons (Fsp3) is 0.294. The van der Waals surface area contributed by atoms with Gasteiger partial charge in [0.15, 0.2) is 0 Å². The van der Waals surface area contributed by atoms with Crippen LogP contribution in [0.4, 0.5) is 0 Å². The van der Waals surface area contributed by atoms with Crippen LogP contribution in [0.2, 0.25) is 0 Å². The molecule has 0 aliphatic rings. The van der Waals surface area contributed by atoms with Crippen LogP contribution in [0, 0.1) is 0 Å². The molecule has 2 N–H and O–H groups in total. The van der Waals surface area contributed by atoms with Crippen molar-refractivity contribution in [2.45, 2.75) is 19.4 Å². The molecule has 2 aromatic carbocycles. The maximum atomic E-state index is 12.2. The molecule has 122 valence electrons. The summed E-state index contributed by atoms with van der Waals surface area (Å²) in [6.45, 7) is 3.03. The average Bonchev–Trinajstić information content (AvgIpc) is 2.55. The fourth-order valence-electron chi connectivity index (χ4n) is 2.32. The fourth-order valence-corrected chi connectivity index (χ4v) is 2.32. The number of carbonyl (C=O) groups is 2. The van der Waals surface area contributed by atoms with E-state index < -0.39 is 17.5 Å². The van der Waals surface area contributed by atoms with Crippen molar-refractivity contribution in [3.05, 3.63) is 42.0 Å². The van der Waals surface area contributed by atoms with Crippen LogP contribution in [0.5, 0.6) is 5.75 Å². The number of aliphatic hydroxyl groups is 1. The predicted octanol–water partition coefficient (Wildman–Crippen LogP) is 1.86. The van der Waals surface area contributed by atoms with E-state index in [-0.39, 0.29) is 24.5 Å². The van der Waals surface area contributed by atoms with E-state index in [0.717, 1.165) is 0 Å². The molecule has 6 nitrogen and oxygen atoms in total. The highest BCUT2D eigenvalue weighted by Crippen LogP contribution is 2.37. The summed E-state index contributed by atoms with van der Waals surface area (Å²) in [7, 11) is 0. The number of aromatic hydroxyl groups is 1. The zero-order chi connectivity index (χ0) is 17.0. The van der Waals surface area contributed by atoms with Crippen LogP contribution in [0.1, 0.15) is 19.4 Å². The van der Waals surface area contributed by atoms with E-state index in [1.54, 1.807) is 44.2 Å². The lowest BCUT2D eigenvalue weighted by Gasteiger charge is -2.25. The normalized spacial score (nSPS) is 11.3. The van der Waals surface area contributed by atoms with E-state index in [1.807, 2.05) is 0 Å². The van der Waals surface area contributed by atoms with Crippen LogP contribution in [0.3, 0.4) is 0 Å². The van der Waals surface area contributed by atoms with Gasteiger partial charge in [0.05, 0.1) is 13.2 Å². The quantitative estimate of drug-likeness (QED) is 0.645. The third-order valence-corrected chi connectivity index (χ3v) is 3.43. The third kappa shape index (κ3) is 2.85. The average molecular weight is 318 g/mol.